The van der Waals surface area contributed by atoms with Crippen LogP contribution >= 0.6 is 12.4 Å². The van der Waals surface area contributed by atoms with Crippen molar-refractivity contribution in [2.45, 2.75) is 13.0 Å². The summed E-state index contributed by atoms with van der Waals surface area (Å²) in [6, 6.07) is 4.04. The number of pyridine rings is 2. The molecule has 1 N–H and O–H groups in total. The summed E-state index contributed by atoms with van der Waals surface area (Å²) in [5.74, 6) is -1.04. The van der Waals surface area contributed by atoms with Crippen LogP contribution in [0, 0.1) is 0 Å². The molecule has 2 aromatic heterocycles. The van der Waals surface area contributed by atoms with Gasteiger partial charge in [0.05, 0.1) is 10.9 Å². The molecule has 90 valence electrons. The minimum Gasteiger partial charge on any atom is -0.480 e. The van der Waals surface area contributed by atoms with E-state index >= 15 is 0 Å². The van der Waals surface area contributed by atoms with Gasteiger partial charge in [-0.25, -0.2) is 4.79 Å². The average Bonchev–Trinajstić information content (AvgIpc) is 2.29. The van der Waals surface area contributed by atoms with E-state index in [0.717, 1.165) is 0 Å². The fraction of sp³-hybridized carbons (Fsp3) is 0.182. The molecule has 2 heterocycles. The Morgan fingerprint density at radius 3 is 2.82 bits per heavy atom. The quantitative estimate of drug-likeness (QED) is 0.881. The van der Waals surface area contributed by atoms with Gasteiger partial charge in [-0.1, -0.05) is 0 Å². The minimum atomic E-state index is -1.04. The number of fused-ring (bicyclic) bond motifs is 1. The molecule has 0 fully saturated rings. The molecule has 0 amide bonds. The summed E-state index contributed by atoms with van der Waals surface area (Å²) in [6.45, 7) is 1.46. The lowest BCUT2D eigenvalue weighted by Gasteiger charge is -2.10. The fourth-order valence-corrected chi connectivity index (χ4v) is 1.51. The van der Waals surface area contributed by atoms with Crippen molar-refractivity contribution in [3.8, 4) is 0 Å². The van der Waals surface area contributed by atoms with Gasteiger partial charge in [-0.3, -0.25) is 9.78 Å². The van der Waals surface area contributed by atoms with Crippen molar-refractivity contribution in [3.05, 3.63) is 40.9 Å². The Labute approximate surface area is 103 Å². The molecule has 5 nitrogen and oxygen atoms in total. The van der Waals surface area contributed by atoms with E-state index in [1.807, 2.05) is 0 Å². The van der Waals surface area contributed by atoms with Crippen LogP contribution in [0.2, 0.25) is 0 Å². The molecule has 0 saturated carbocycles. The molecule has 0 bridgehead atoms. The van der Waals surface area contributed by atoms with Crippen LogP contribution in [-0.2, 0) is 4.79 Å². The maximum absolute atomic E-state index is 11.9. The van der Waals surface area contributed by atoms with Crippen LogP contribution in [0.5, 0.6) is 0 Å². The predicted octanol–water partition coefficient (Wildman–Crippen LogP) is 1.46. The number of aromatic nitrogens is 2. The Hall–Kier alpha value is -1.88. The second kappa shape index (κ2) is 4.97. The molecular weight excluding hydrogens is 244 g/mol. The standard InChI is InChI=1S/C11H10N2O3.ClH/c1-7(11(15)16)13-6-4-9-8(10(13)14)3-2-5-12-9;/h2-7H,1H3,(H,15,16);1H/t7-;/m1./s1. The predicted molar refractivity (Wildman–Crippen MR) is 65.6 cm³/mol. The summed E-state index contributed by atoms with van der Waals surface area (Å²) in [5.41, 5.74) is 0.238. The maximum Gasteiger partial charge on any atom is 0.326 e. The molecule has 1 atom stereocenters. The summed E-state index contributed by atoms with van der Waals surface area (Å²) in [6.07, 6.45) is 3.04. The first-order chi connectivity index (χ1) is 7.61. The molecule has 6 heteroatoms. The SMILES string of the molecule is C[C@H](C(=O)O)n1ccc2ncccc2c1=O.Cl. The smallest absolute Gasteiger partial charge is 0.326 e. The number of carboxylic acids is 1. The number of rotatable bonds is 2. The van der Waals surface area contributed by atoms with Gasteiger partial charge in [0.15, 0.2) is 0 Å². The summed E-state index contributed by atoms with van der Waals surface area (Å²) in [7, 11) is 0. The van der Waals surface area contributed by atoms with Crippen molar-refractivity contribution < 1.29 is 9.90 Å². The van der Waals surface area contributed by atoms with Crippen molar-refractivity contribution in [3.63, 3.8) is 0 Å². The number of halogens is 1. The number of hydrogen-bond donors (Lipinski definition) is 1. The first-order valence-electron chi connectivity index (χ1n) is 4.80. The zero-order chi connectivity index (χ0) is 11.7. The zero-order valence-corrected chi connectivity index (χ0v) is 9.85. The number of aliphatic carboxylic acids is 1. The lowest BCUT2D eigenvalue weighted by Crippen LogP contribution is -2.27. The van der Waals surface area contributed by atoms with Crippen LogP contribution in [0.4, 0.5) is 0 Å². The van der Waals surface area contributed by atoms with E-state index in [1.54, 1.807) is 24.4 Å². The number of hydrogen-bond acceptors (Lipinski definition) is 3. The summed E-state index contributed by atoms with van der Waals surface area (Å²) in [4.78, 5) is 26.8. The molecule has 17 heavy (non-hydrogen) atoms. The van der Waals surface area contributed by atoms with Crippen LogP contribution < -0.4 is 5.56 Å². The highest BCUT2D eigenvalue weighted by atomic mass is 35.5. The highest BCUT2D eigenvalue weighted by Crippen LogP contribution is 2.08. The van der Waals surface area contributed by atoms with Crippen LogP contribution in [-0.4, -0.2) is 20.6 Å². The highest BCUT2D eigenvalue weighted by molar-refractivity contribution is 5.85. The van der Waals surface area contributed by atoms with Gasteiger partial charge in [-0.2, -0.15) is 0 Å². The summed E-state index contributed by atoms with van der Waals surface area (Å²) in [5, 5.41) is 9.29. The molecule has 0 aliphatic rings. The van der Waals surface area contributed by atoms with E-state index in [9.17, 15) is 9.59 Å². The van der Waals surface area contributed by atoms with Crippen molar-refractivity contribution >= 4 is 29.3 Å². The second-order valence-corrected chi connectivity index (χ2v) is 3.48. The summed E-state index contributed by atoms with van der Waals surface area (Å²) < 4.78 is 1.19. The van der Waals surface area contributed by atoms with E-state index in [2.05, 4.69) is 4.98 Å². The molecule has 0 spiro atoms. The molecule has 0 aromatic carbocycles. The number of carbonyl (C=O) groups is 1. The second-order valence-electron chi connectivity index (χ2n) is 3.48. The third-order valence-electron chi connectivity index (χ3n) is 2.47. The van der Waals surface area contributed by atoms with Gasteiger partial charge in [0.25, 0.3) is 5.56 Å². The van der Waals surface area contributed by atoms with E-state index in [4.69, 9.17) is 5.11 Å². The van der Waals surface area contributed by atoms with Crippen LogP contribution in [0.25, 0.3) is 10.9 Å². The van der Waals surface area contributed by atoms with Crippen molar-refractivity contribution in [1.82, 2.24) is 9.55 Å². The Kier molecular flexibility index (Phi) is 3.85. The first-order valence-corrected chi connectivity index (χ1v) is 4.80. The first kappa shape index (κ1) is 13.2. The molecule has 2 rings (SSSR count). The van der Waals surface area contributed by atoms with E-state index < -0.39 is 12.0 Å². The van der Waals surface area contributed by atoms with E-state index in [0.29, 0.717) is 10.9 Å². The third-order valence-corrected chi connectivity index (χ3v) is 2.47. The lowest BCUT2D eigenvalue weighted by molar-refractivity contribution is -0.140. The average molecular weight is 255 g/mol. The zero-order valence-electron chi connectivity index (χ0n) is 9.03. The Morgan fingerprint density at radius 2 is 2.18 bits per heavy atom. The molecule has 0 unspecified atom stereocenters. The largest absolute Gasteiger partial charge is 0.480 e. The van der Waals surface area contributed by atoms with E-state index in [1.165, 1.54) is 17.7 Å². The van der Waals surface area contributed by atoms with Crippen molar-refractivity contribution in [2.75, 3.05) is 0 Å². The van der Waals surface area contributed by atoms with Gasteiger partial charge in [0, 0.05) is 12.4 Å². The number of carboxylic acid groups (broad SMARTS) is 1. The Morgan fingerprint density at radius 1 is 1.47 bits per heavy atom. The summed E-state index contributed by atoms with van der Waals surface area (Å²) >= 11 is 0. The lowest BCUT2D eigenvalue weighted by atomic mass is 10.2. The molecule has 0 radical (unpaired) electrons. The van der Waals surface area contributed by atoms with Gasteiger partial charge in [0.2, 0.25) is 0 Å². The topological polar surface area (TPSA) is 72.2 Å². The van der Waals surface area contributed by atoms with Gasteiger partial charge in [-0.15, -0.1) is 12.4 Å². The van der Waals surface area contributed by atoms with Gasteiger partial charge in [-0.05, 0) is 25.1 Å². The van der Waals surface area contributed by atoms with Crippen LogP contribution in [0.3, 0.4) is 0 Å². The minimum absolute atomic E-state index is 0. The Bertz CT molecular complexity index is 609. The van der Waals surface area contributed by atoms with Gasteiger partial charge in [0.1, 0.15) is 6.04 Å². The van der Waals surface area contributed by atoms with Crippen LogP contribution in [0.15, 0.2) is 35.4 Å². The molecule has 0 aliphatic heterocycles. The van der Waals surface area contributed by atoms with Crippen LogP contribution in [0.1, 0.15) is 13.0 Å². The van der Waals surface area contributed by atoms with Gasteiger partial charge >= 0.3 is 5.97 Å². The monoisotopic (exact) mass is 254 g/mol. The normalized spacial score (nSPS) is 11.8. The molecular formula is C11H11ClN2O3. The molecule has 2 aromatic rings. The molecule has 0 saturated heterocycles. The number of nitrogens with zero attached hydrogens (tertiary/aromatic N) is 2. The van der Waals surface area contributed by atoms with Crippen molar-refractivity contribution in [2.24, 2.45) is 0 Å². The maximum atomic E-state index is 11.9. The van der Waals surface area contributed by atoms with Crippen molar-refractivity contribution in [1.29, 1.82) is 0 Å². The fourth-order valence-electron chi connectivity index (χ4n) is 1.51. The van der Waals surface area contributed by atoms with Gasteiger partial charge < -0.3 is 9.67 Å². The molecule has 0 aliphatic carbocycles. The Balaban J connectivity index is 0.00000144. The third kappa shape index (κ3) is 2.29. The highest BCUT2D eigenvalue weighted by Gasteiger charge is 2.15. The van der Waals surface area contributed by atoms with E-state index in [-0.39, 0.29) is 18.0 Å².